The molecule has 3 rings (SSSR count). The summed E-state index contributed by atoms with van der Waals surface area (Å²) in [4.78, 5) is 4.74. The minimum absolute atomic E-state index is 0.523. The van der Waals surface area contributed by atoms with Gasteiger partial charge in [0.25, 0.3) is 0 Å². The van der Waals surface area contributed by atoms with Gasteiger partial charge in [-0.1, -0.05) is 5.10 Å². The van der Waals surface area contributed by atoms with E-state index in [0.29, 0.717) is 30.2 Å². The third-order valence-corrected chi connectivity index (χ3v) is 4.37. The summed E-state index contributed by atoms with van der Waals surface area (Å²) in [6.45, 7) is 2.00. The average molecular weight is 271 g/mol. The molecule has 2 fully saturated rings. The van der Waals surface area contributed by atoms with Crippen molar-refractivity contribution in [3.8, 4) is 0 Å². The highest BCUT2D eigenvalue weighted by Crippen LogP contribution is 2.30. The molecule has 0 N–H and O–H groups in total. The van der Waals surface area contributed by atoms with Gasteiger partial charge in [-0.3, -0.25) is 4.90 Å². The summed E-state index contributed by atoms with van der Waals surface area (Å²) in [6.07, 6.45) is 4.44. The van der Waals surface area contributed by atoms with Crippen molar-refractivity contribution in [3.05, 3.63) is 5.89 Å². The summed E-state index contributed by atoms with van der Waals surface area (Å²) in [5, 5.41) is 8.18. The largest absolute Gasteiger partial charge is 0.408 e. The van der Waals surface area contributed by atoms with Crippen LogP contribution < -0.4 is 4.90 Å². The number of fused-ring (bicyclic) bond motifs is 2. The zero-order valence-electron chi connectivity index (χ0n) is 10.7. The van der Waals surface area contributed by atoms with Crippen molar-refractivity contribution >= 4 is 17.6 Å². The summed E-state index contributed by atoms with van der Waals surface area (Å²) >= 11 is 5.68. The maximum Gasteiger partial charge on any atom is 0.318 e. The molecule has 2 saturated heterocycles. The minimum atomic E-state index is 0.523. The molecule has 5 nitrogen and oxygen atoms in total. The molecule has 1 aromatic rings. The SMILES string of the molecule is CN1C2CCC1CN(c1nnc(CCCl)o1)CC2. The summed E-state index contributed by atoms with van der Waals surface area (Å²) in [7, 11) is 2.23. The van der Waals surface area contributed by atoms with Crippen LogP contribution in [0, 0.1) is 0 Å². The van der Waals surface area contributed by atoms with Crippen molar-refractivity contribution in [1.29, 1.82) is 0 Å². The number of anilines is 1. The fourth-order valence-electron chi connectivity index (χ4n) is 3.04. The van der Waals surface area contributed by atoms with Gasteiger partial charge in [0.05, 0.1) is 0 Å². The Hall–Kier alpha value is -0.810. The molecule has 0 aliphatic carbocycles. The smallest absolute Gasteiger partial charge is 0.318 e. The molecule has 0 radical (unpaired) electrons. The van der Waals surface area contributed by atoms with Gasteiger partial charge in [-0.15, -0.1) is 16.7 Å². The van der Waals surface area contributed by atoms with E-state index < -0.39 is 0 Å². The van der Waals surface area contributed by atoms with E-state index in [4.69, 9.17) is 16.0 Å². The Morgan fingerprint density at radius 2 is 2.11 bits per heavy atom. The van der Waals surface area contributed by atoms with E-state index >= 15 is 0 Å². The number of halogens is 1. The molecule has 2 aliphatic rings. The van der Waals surface area contributed by atoms with E-state index in [1.807, 2.05) is 0 Å². The first-order valence-corrected chi connectivity index (χ1v) is 7.16. The minimum Gasteiger partial charge on any atom is -0.408 e. The van der Waals surface area contributed by atoms with Gasteiger partial charge in [-0.2, -0.15) is 0 Å². The molecule has 6 heteroatoms. The predicted octanol–water partition coefficient (Wildman–Crippen LogP) is 1.52. The second-order valence-corrected chi connectivity index (χ2v) is 5.58. The van der Waals surface area contributed by atoms with Crippen molar-refractivity contribution < 1.29 is 4.42 Å². The normalized spacial score (nSPS) is 28.7. The fraction of sp³-hybridized carbons (Fsp3) is 0.833. The van der Waals surface area contributed by atoms with Crippen LogP contribution in [0.15, 0.2) is 4.42 Å². The molecular formula is C12H19ClN4O. The van der Waals surface area contributed by atoms with Crippen LogP contribution in [0.4, 0.5) is 6.01 Å². The lowest BCUT2D eigenvalue weighted by molar-refractivity contribution is 0.254. The number of hydrogen-bond acceptors (Lipinski definition) is 5. The summed E-state index contributed by atoms with van der Waals surface area (Å²) < 4.78 is 5.66. The lowest BCUT2D eigenvalue weighted by atomic mass is 10.1. The second kappa shape index (κ2) is 5.05. The summed E-state index contributed by atoms with van der Waals surface area (Å²) in [6, 6.07) is 2.02. The molecule has 2 aliphatic heterocycles. The van der Waals surface area contributed by atoms with Crippen LogP contribution in [-0.2, 0) is 6.42 Å². The molecule has 100 valence electrons. The molecule has 0 spiro atoms. The maximum absolute atomic E-state index is 5.68. The van der Waals surface area contributed by atoms with Gasteiger partial charge in [0, 0.05) is 37.5 Å². The number of nitrogens with zero attached hydrogens (tertiary/aromatic N) is 4. The van der Waals surface area contributed by atoms with Crippen molar-refractivity contribution in [2.75, 3.05) is 30.9 Å². The van der Waals surface area contributed by atoms with Crippen LogP contribution in [0.5, 0.6) is 0 Å². The first-order valence-electron chi connectivity index (χ1n) is 6.63. The number of alkyl halides is 1. The highest BCUT2D eigenvalue weighted by Gasteiger charge is 2.35. The fourth-order valence-corrected chi connectivity index (χ4v) is 3.20. The van der Waals surface area contributed by atoms with Crippen molar-refractivity contribution in [3.63, 3.8) is 0 Å². The Bertz CT molecular complexity index is 411. The van der Waals surface area contributed by atoms with E-state index in [1.54, 1.807) is 0 Å². The van der Waals surface area contributed by atoms with Gasteiger partial charge < -0.3 is 9.32 Å². The topological polar surface area (TPSA) is 45.4 Å². The first kappa shape index (κ1) is 12.2. The second-order valence-electron chi connectivity index (χ2n) is 5.20. The summed E-state index contributed by atoms with van der Waals surface area (Å²) in [5.41, 5.74) is 0. The zero-order valence-corrected chi connectivity index (χ0v) is 11.4. The van der Waals surface area contributed by atoms with Crippen molar-refractivity contribution in [2.45, 2.75) is 37.8 Å². The van der Waals surface area contributed by atoms with Crippen LogP contribution in [0.3, 0.4) is 0 Å². The Morgan fingerprint density at radius 3 is 2.94 bits per heavy atom. The maximum atomic E-state index is 5.68. The van der Waals surface area contributed by atoms with Gasteiger partial charge in [0.1, 0.15) is 0 Å². The number of aryl methyl sites for hydroxylation is 1. The van der Waals surface area contributed by atoms with E-state index in [2.05, 4.69) is 27.0 Å². The standard InChI is InChI=1S/C12H19ClN4O/c1-16-9-2-3-10(16)8-17(7-5-9)12-15-14-11(18-12)4-6-13/h9-10H,2-8H2,1H3. The molecule has 2 bridgehead atoms. The predicted molar refractivity (Wildman–Crippen MR) is 70.1 cm³/mol. The Balaban J connectivity index is 1.72. The number of aromatic nitrogens is 2. The average Bonchev–Trinajstić information content (AvgIpc) is 2.87. The van der Waals surface area contributed by atoms with Crippen LogP contribution in [0.25, 0.3) is 0 Å². The lowest BCUT2D eigenvalue weighted by Crippen LogP contribution is -2.36. The van der Waals surface area contributed by atoms with E-state index in [-0.39, 0.29) is 0 Å². The first-order chi connectivity index (χ1) is 8.78. The number of hydrogen-bond donors (Lipinski definition) is 0. The third-order valence-electron chi connectivity index (χ3n) is 4.18. The molecule has 2 unspecified atom stereocenters. The van der Waals surface area contributed by atoms with Gasteiger partial charge in [0.2, 0.25) is 5.89 Å². The van der Waals surface area contributed by atoms with Crippen molar-refractivity contribution in [1.82, 2.24) is 15.1 Å². The Kier molecular flexibility index (Phi) is 3.43. The molecule has 3 heterocycles. The van der Waals surface area contributed by atoms with Gasteiger partial charge in [-0.05, 0) is 26.3 Å². The zero-order chi connectivity index (χ0) is 12.5. The highest BCUT2D eigenvalue weighted by molar-refractivity contribution is 6.17. The third kappa shape index (κ3) is 2.21. The van der Waals surface area contributed by atoms with E-state index in [1.165, 1.54) is 19.3 Å². The monoisotopic (exact) mass is 270 g/mol. The van der Waals surface area contributed by atoms with Crippen LogP contribution >= 0.6 is 11.6 Å². The van der Waals surface area contributed by atoms with Gasteiger partial charge in [0.15, 0.2) is 0 Å². The molecule has 18 heavy (non-hydrogen) atoms. The lowest BCUT2D eigenvalue weighted by Gasteiger charge is -2.24. The Morgan fingerprint density at radius 1 is 1.28 bits per heavy atom. The summed E-state index contributed by atoms with van der Waals surface area (Å²) in [5.74, 6) is 1.16. The quantitative estimate of drug-likeness (QED) is 0.780. The van der Waals surface area contributed by atoms with Crippen LogP contribution in [0.1, 0.15) is 25.2 Å². The van der Waals surface area contributed by atoms with E-state index in [9.17, 15) is 0 Å². The molecular weight excluding hydrogens is 252 g/mol. The Labute approximate surface area is 112 Å². The van der Waals surface area contributed by atoms with Crippen LogP contribution in [-0.4, -0.2) is 53.2 Å². The molecule has 0 saturated carbocycles. The van der Waals surface area contributed by atoms with Gasteiger partial charge in [-0.25, -0.2) is 0 Å². The number of likely N-dealkylation sites (N-methyl/N-ethyl adjacent to an activating group) is 1. The van der Waals surface area contributed by atoms with Gasteiger partial charge >= 0.3 is 6.01 Å². The molecule has 0 aromatic carbocycles. The van der Waals surface area contributed by atoms with Crippen LogP contribution in [0.2, 0.25) is 0 Å². The number of rotatable bonds is 3. The highest BCUT2D eigenvalue weighted by atomic mass is 35.5. The van der Waals surface area contributed by atoms with E-state index in [0.717, 1.165) is 19.1 Å². The molecule has 0 amide bonds. The molecule has 1 aromatic heterocycles. The molecule has 2 atom stereocenters. The van der Waals surface area contributed by atoms with Crippen molar-refractivity contribution in [2.24, 2.45) is 0 Å².